The highest BCUT2D eigenvalue weighted by Gasteiger charge is 2.32. The Hall–Kier alpha value is -2.67. The third-order valence-electron chi connectivity index (χ3n) is 4.29. The number of nitrogens with zero attached hydrogens (tertiary/aromatic N) is 3. The van der Waals surface area contributed by atoms with Crippen molar-refractivity contribution in [1.29, 1.82) is 0 Å². The Kier molecular flexibility index (Phi) is 4.85. The van der Waals surface area contributed by atoms with Gasteiger partial charge in [0.15, 0.2) is 0 Å². The molecule has 1 aromatic heterocycles. The standard InChI is InChI=1S/C18H21N3O4/c1-12-17(13(2)25-19-12)18(24)21-10-15(22)9-20(16(23)11-21)8-14-6-4-3-5-7-14/h3-7,15,22H,8-11H2,1-2H3. The molecular formula is C18H21N3O4. The molecule has 1 atom stereocenters. The lowest BCUT2D eigenvalue weighted by Gasteiger charge is -2.22. The van der Waals surface area contributed by atoms with Gasteiger partial charge in [-0.2, -0.15) is 0 Å². The van der Waals surface area contributed by atoms with Crippen LogP contribution >= 0.6 is 0 Å². The van der Waals surface area contributed by atoms with Crippen LogP contribution in [0.4, 0.5) is 0 Å². The monoisotopic (exact) mass is 343 g/mol. The Morgan fingerprint density at radius 3 is 2.64 bits per heavy atom. The van der Waals surface area contributed by atoms with E-state index in [-0.39, 0.29) is 31.4 Å². The molecule has 2 amide bonds. The zero-order valence-corrected chi connectivity index (χ0v) is 14.3. The van der Waals surface area contributed by atoms with Crippen molar-refractivity contribution in [2.24, 2.45) is 0 Å². The number of aliphatic hydroxyl groups excluding tert-OH is 1. The van der Waals surface area contributed by atoms with Gasteiger partial charge in [0.05, 0.1) is 11.8 Å². The molecule has 1 unspecified atom stereocenters. The minimum Gasteiger partial charge on any atom is -0.389 e. The van der Waals surface area contributed by atoms with Gasteiger partial charge in [-0.15, -0.1) is 0 Å². The first-order valence-electron chi connectivity index (χ1n) is 8.17. The third-order valence-corrected chi connectivity index (χ3v) is 4.29. The van der Waals surface area contributed by atoms with Gasteiger partial charge in [0.25, 0.3) is 5.91 Å². The van der Waals surface area contributed by atoms with E-state index >= 15 is 0 Å². The van der Waals surface area contributed by atoms with Crippen molar-refractivity contribution < 1.29 is 19.2 Å². The van der Waals surface area contributed by atoms with Crippen molar-refractivity contribution in [3.8, 4) is 0 Å². The molecule has 7 heteroatoms. The van der Waals surface area contributed by atoms with E-state index in [1.165, 1.54) is 4.90 Å². The van der Waals surface area contributed by atoms with Crippen molar-refractivity contribution in [2.45, 2.75) is 26.5 Å². The highest BCUT2D eigenvalue weighted by molar-refractivity contribution is 5.98. The van der Waals surface area contributed by atoms with Gasteiger partial charge in [-0.3, -0.25) is 9.59 Å². The van der Waals surface area contributed by atoms with Gasteiger partial charge in [0.1, 0.15) is 17.9 Å². The zero-order chi connectivity index (χ0) is 18.0. The largest absolute Gasteiger partial charge is 0.389 e. The molecular weight excluding hydrogens is 322 g/mol. The normalized spacial score (nSPS) is 18.4. The highest BCUT2D eigenvalue weighted by Crippen LogP contribution is 2.18. The second-order valence-electron chi connectivity index (χ2n) is 6.30. The fourth-order valence-electron chi connectivity index (χ4n) is 3.05. The fraction of sp³-hybridized carbons (Fsp3) is 0.389. The number of hydrogen-bond donors (Lipinski definition) is 1. The number of rotatable bonds is 3. The van der Waals surface area contributed by atoms with E-state index in [1.54, 1.807) is 18.7 Å². The second kappa shape index (κ2) is 7.06. The first-order chi connectivity index (χ1) is 12.0. The molecule has 2 heterocycles. The highest BCUT2D eigenvalue weighted by atomic mass is 16.5. The molecule has 1 aliphatic rings. The molecule has 0 spiro atoms. The molecule has 132 valence electrons. The van der Waals surface area contributed by atoms with E-state index in [2.05, 4.69) is 5.16 Å². The van der Waals surface area contributed by atoms with Gasteiger partial charge in [-0.1, -0.05) is 35.5 Å². The van der Waals surface area contributed by atoms with Gasteiger partial charge >= 0.3 is 0 Å². The van der Waals surface area contributed by atoms with Gasteiger partial charge < -0.3 is 19.4 Å². The Bertz CT molecular complexity index is 752. The molecule has 1 aromatic carbocycles. The van der Waals surface area contributed by atoms with Crippen molar-refractivity contribution in [1.82, 2.24) is 15.0 Å². The average Bonchev–Trinajstić information content (AvgIpc) is 2.84. The Balaban J connectivity index is 1.77. The van der Waals surface area contributed by atoms with Crippen LogP contribution in [0.5, 0.6) is 0 Å². The van der Waals surface area contributed by atoms with E-state index in [0.717, 1.165) is 5.56 Å². The Labute approximate surface area is 145 Å². The SMILES string of the molecule is Cc1noc(C)c1C(=O)N1CC(=O)N(Cc2ccccc2)CC(O)C1. The van der Waals surface area contributed by atoms with Crippen LogP contribution in [0.1, 0.15) is 27.4 Å². The molecule has 3 rings (SSSR count). The van der Waals surface area contributed by atoms with Crippen molar-refractivity contribution in [2.75, 3.05) is 19.6 Å². The summed E-state index contributed by atoms with van der Waals surface area (Å²) in [7, 11) is 0. The molecule has 0 bridgehead atoms. The molecule has 7 nitrogen and oxygen atoms in total. The molecule has 1 fully saturated rings. The maximum atomic E-state index is 12.8. The predicted molar refractivity (Wildman–Crippen MR) is 89.7 cm³/mol. The molecule has 1 aliphatic heterocycles. The van der Waals surface area contributed by atoms with Crippen molar-refractivity contribution >= 4 is 11.8 Å². The van der Waals surface area contributed by atoms with Gasteiger partial charge in [0, 0.05) is 19.6 Å². The van der Waals surface area contributed by atoms with E-state index in [1.807, 2.05) is 30.3 Å². The summed E-state index contributed by atoms with van der Waals surface area (Å²) in [6.07, 6.45) is -0.806. The van der Waals surface area contributed by atoms with Crippen LogP contribution < -0.4 is 0 Å². The summed E-state index contributed by atoms with van der Waals surface area (Å²) in [4.78, 5) is 28.3. The quantitative estimate of drug-likeness (QED) is 0.903. The number of carbonyl (C=O) groups excluding carboxylic acids is 2. The van der Waals surface area contributed by atoms with Gasteiger partial charge in [0.2, 0.25) is 5.91 Å². The number of aliphatic hydroxyl groups is 1. The lowest BCUT2D eigenvalue weighted by Crippen LogP contribution is -2.39. The molecule has 0 radical (unpaired) electrons. The average molecular weight is 343 g/mol. The maximum Gasteiger partial charge on any atom is 0.259 e. The number of aromatic nitrogens is 1. The van der Waals surface area contributed by atoms with E-state index in [9.17, 15) is 14.7 Å². The number of amides is 2. The van der Waals surface area contributed by atoms with Crippen LogP contribution in [0.15, 0.2) is 34.9 Å². The Morgan fingerprint density at radius 1 is 1.28 bits per heavy atom. The molecule has 0 aliphatic carbocycles. The Morgan fingerprint density at radius 2 is 2.00 bits per heavy atom. The minimum atomic E-state index is -0.806. The van der Waals surface area contributed by atoms with Crippen LogP contribution in [0.2, 0.25) is 0 Å². The summed E-state index contributed by atoms with van der Waals surface area (Å²) in [5.41, 5.74) is 1.82. The molecule has 1 N–H and O–H groups in total. The van der Waals surface area contributed by atoms with E-state index in [4.69, 9.17) is 4.52 Å². The first-order valence-corrected chi connectivity index (χ1v) is 8.17. The zero-order valence-electron chi connectivity index (χ0n) is 14.3. The van der Waals surface area contributed by atoms with Crippen molar-refractivity contribution in [3.63, 3.8) is 0 Å². The smallest absolute Gasteiger partial charge is 0.259 e. The van der Waals surface area contributed by atoms with Crippen molar-refractivity contribution in [3.05, 3.63) is 52.9 Å². The van der Waals surface area contributed by atoms with Gasteiger partial charge in [-0.25, -0.2) is 0 Å². The predicted octanol–water partition coefficient (Wildman–Crippen LogP) is 1.14. The topological polar surface area (TPSA) is 86.9 Å². The molecule has 0 saturated carbocycles. The summed E-state index contributed by atoms with van der Waals surface area (Å²) >= 11 is 0. The lowest BCUT2D eigenvalue weighted by molar-refractivity contribution is -0.131. The number of β-amino-alcohol motifs (C(OH)–C–C–N with tert-alkyl or cyclic N) is 1. The van der Waals surface area contributed by atoms with E-state index in [0.29, 0.717) is 23.6 Å². The summed E-state index contributed by atoms with van der Waals surface area (Å²) < 4.78 is 5.04. The van der Waals surface area contributed by atoms with Crippen LogP contribution in [-0.2, 0) is 11.3 Å². The number of benzene rings is 1. The van der Waals surface area contributed by atoms with Crippen LogP contribution in [-0.4, -0.2) is 57.6 Å². The van der Waals surface area contributed by atoms with Crippen LogP contribution in [0, 0.1) is 13.8 Å². The lowest BCUT2D eigenvalue weighted by atomic mass is 10.1. The van der Waals surface area contributed by atoms with Crippen LogP contribution in [0.3, 0.4) is 0 Å². The van der Waals surface area contributed by atoms with E-state index < -0.39 is 6.10 Å². The molecule has 1 saturated heterocycles. The maximum absolute atomic E-state index is 12.8. The number of aryl methyl sites for hydroxylation is 2. The van der Waals surface area contributed by atoms with Crippen LogP contribution in [0.25, 0.3) is 0 Å². The summed E-state index contributed by atoms with van der Waals surface area (Å²) in [6.45, 7) is 3.96. The number of hydrogen-bond acceptors (Lipinski definition) is 5. The summed E-state index contributed by atoms with van der Waals surface area (Å²) in [5, 5.41) is 14.1. The third kappa shape index (κ3) is 3.71. The summed E-state index contributed by atoms with van der Waals surface area (Å²) in [6, 6.07) is 9.57. The second-order valence-corrected chi connectivity index (χ2v) is 6.30. The fourth-order valence-corrected chi connectivity index (χ4v) is 3.05. The molecule has 2 aromatic rings. The summed E-state index contributed by atoms with van der Waals surface area (Å²) in [5.74, 6) is -0.124. The first kappa shape index (κ1) is 17.2. The number of carbonyl (C=O) groups is 2. The molecule has 25 heavy (non-hydrogen) atoms. The minimum absolute atomic E-state index is 0.0766. The van der Waals surface area contributed by atoms with Gasteiger partial charge in [-0.05, 0) is 19.4 Å².